The highest BCUT2D eigenvalue weighted by Gasteiger charge is 2.13. The van der Waals surface area contributed by atoms with Gasteiger partial charge in [0.25, 0.3) is 0 Å². The van der Waals surface area contributed by atoms with Crippen molar-refractivity contribution in [3.63, 3.8) is 0 Å². The van der Waals surface area contributed by atoms with Crippen LogP contribution in [0.1, 0.15) is 22.4 Å². The summed E-state index contributed by atoms with van der Waals surface area (Å²) in [5.74, 6) is 3.71. The van der Waals surface area contributed by atoms with Crippen molar-refractivity contribution in [3.05, 3.63) is 52.8 Å². The molecule has 0 unspecified atom stereocenters. The van der Waals surface area contributed by atoms with Crippen LogP contribution in [0.5, 0.6) is 11.5 Å². The van der Waals surface area contributed by atoms with Gasteiger partial charge in [0.05, 0.1) is 19.9 Å². The molecule has 6 rings (SSSR count). The molecule has 4 heteroatoms. The highest BCUT2D eigenvalue weighted by atomic mass is 32.2. The van der Waals surface area contributed by atoms with E-state index >= 15 is 0 Å². The van der Waals surface area contributed by atoms with Crippen molar-refractivity contribution in [2.45, 2.75) is 24.3 Å². The van der Waals surface area contributed by atoms with E-state index in [1.54, 1.807) is 14.2 Å². The first-order valence-electron chi connectivity index (χ1n) is 7.05. The number of benzene rings is 1. The fourth-order valence-corrected chi connectivity index (χ4v) is 3.49. The van der Waals surface area contributed by atoms with Crippen LogP contribution in [0.3, 0.4) is 0 Å². The van der Waals surface area contributed by atoms with Crippen molar-refractivity contribution in [2.24, 2.45) is 0 Å². The summed E-state index contributed by atoms with van der Waals surface area (Å²) in [6.45, 7) is 0. The maximum atomic E-state index is 5.56. The van der Waals surface area contributed by atoms with E-state index in [1.807, 2.05) is 18.0 Å². The number of pyridine rings is 1. The highest BCUT2D eigenvalue weighted by molar-refractivity contribution is 7.97. The average molecular weight is 301 g/mol. The molecule has 2 aromatic rings. The predicted molar refractivity (Wildman–Crippen MR) is 86.2 cm³/mol. The van der Waals surface area contributed by atoms with E-state index in [9.17, 15) is 0 Å². The Morgan fingerprint density at radius 1 is 0.952 bits per heavy atom. The molecular formula is C17H19NO2S. The summed E-state index contributed by atoms with van der Waals surface area (Å²) >= 11 is 1.84. The third-order valence-electron chi connectivity index (χ3n) is 3.76. The van der Waals surface area contributed by atoms with Crippen LogP contribution >= 0.6 is 11.8 Å². The summed E-state index contributed by atoms with van der Waals surface area (Å²) in [7, 11) is 3.46. The highest BCUT2D eigenvalue weighted by Crippen LogP contribution is 2.33. The zero-order chi connectivity index (χ0) is 14.7. The molecule has 0 N–H and O–H groups in total. The molecule has 0 saturated heterocycles. The Morgan fingerprint density at radius 3 is 2.43 bits per heavy atom. The zero-order valence-electron chi connectivity index (χ0n) is 12.4. The Labute approximate surface area is 129 Å². The van der Waals surface area contributed by atoms with E-state index in [1.165, 1.54) is 16.7 Å². The molecule has 0 atom stereocenters. The van der Waals surface area contributed by atoms with Gasteiger partial charge in [-0.1, -0.05) is 6.07 Å². The summed E-state index contributed by atoms with van der Waals surface area (Å²) in [5, 5.41) is 0. The Morgan fingerprint density at radius 2 is 1.71 bits per heavy atom. The van der Waals surface area contributed by atoms with Gasteiger partial charge in [0, 0.05) is 23.3 Å². The Bertz CT molecular complexity index is 625. The van der Waals surface area contributed by atoms with E-state index in [2.05, 4.69) is 29.2 Å². The number of hydrogen-bond acceptors (Lipinski definition) is 4. The molecule has 4 aliphatic rings. The van der Waals surface area contributed by atoms with Gasteiger partial charge in [0.1, 0.15) is 11.5 Å². The van der Waals surface area contributed by atoms with Gasteiger partial charge in [-0.3, -0.25) is 4.98 Å². The largest absolute Gasteiger partial charge is 0.496 e. The summed E-state index contributed by atoms with van der Waals surface area (Å²) in [6.07, 6.45) is 3.87. The third kappa shape index (κ3) is 3.16. The lowest BCUT2D eigenvalue weighted by Crippen LogP contribution is -1.99. The normalized spacial score (nSPS) is 14.2. The zero-order valence-corrected chi connectivity index (χ0v) is 13.2. The molecule has 1 aromatic heterocycles. The molecule has 3 nitrogen and oxygen atoms in total. The first-order chi connectivity index (χ1) is 10.3. The molecular weight excluding hydrogens is 282 g/mol. The monoisotopic (exact) mass is 301 g/mol. The fraction of sp³-hybridized carbons (Fsp3) is 0.353. The lowest BCUT2D eigenvalue weighted by Gasteiger charge is -2.14. The van der Waals surface area contributed by atoms with Crippen LogP contribution in [0.15, 0.2) is 30.5 Å². The van der Waals surface area contributed by atoms with Gasteiger partial charge in [-0.2, -0.15) is 11.8 Å². The Balaban J connectivity index is 2.01. The molecule has 0 spiro atoms. The number of nitrogens with zero attached hydrogens (tertiary/aromatic N) is 1. The summed E-state index contributed by atoms with van der Waals surface area (Å²) in [4.78, 5) is 4.54. The number of hydrogen-bond donors (Lipinski definition) is 0. The SMILES string of the molecule is COc1cc2c(OC)cc1CCc1ccc(nc1)CSC2. The fourth-order valence-electron chi connectivity index (χ4n) is 2.57. The minimum absolute atomic E-state index is 0.892. The number of ether oxygens (including phenoxy) is 2. The topological polar surface area (TPSA) is 31.4 Å². The molecule has 0 amide bonds. The second-order valence-corrected chi connectivity index (χ2v) is 6.11. The molecule has 4 bridgehead atoms. The van der Waals surface area contributed by atoms with Crippen molar-refractivity contribution in [3.8, 4) is 11.5 Å². The van der Waals surface area contributed by atoms with E-state index < -0.39 is 0 Å². The summed E-state index contributed by atoms with van der Waals surface area (Å²) in [5.41, 5.74) is 4.75. The molecule has 21 heavy (non-hydrogen) atoms. The maximum absolute atomic E-state index is 5.56. The molecule has 4 aliphatic heterocycles. The van der Waals surface area contributed by atoms with Crippen molar-refractivity contribution >= 4 is 11.8 Å². The minimum Gasteiger partial charge on any atom is -0.496 e. The molecule has 0 fully saturated rings. The second kappa shape index (κ2) is 6.39. The van der Waals surface area contributed by atoms with E-state index in [4.69, 9.17) is 9.47 Å². The molecule has 0 saturated carbocycles. The van der Waals surface area contributed by atoms with E-state index in [-0.39, 0.29) is 0 Å². The standard InChI is InChI=1S/C17H19NO2S/c1-19-16-8-14-10-21-11-15-6-4-12(9-18-15)3-5-13(16)7-17(14)20-2/h4,6-9H,3,5,10-11H2,1-2H3. The van der Waals surface area contributed by atoms with Crippen LogP contribution in [0.4, 0.5) is 0 Å². The Kier molecular flexibility index (Phi) is 4.34. The lowest BCUT2D eigenvalue weighted by molar-refractivity contribution is 0.396. The van der Waals surface area contributed by atoms with Gasteiger partial charge < -0.3 is 9.47 Å². The first kappa shape index (κ1) is 14.3. The van der Waals surface area contributed by atoms with Crippen molar-refractivity contribution < 1.29 is 9.47 Å². The number of thioether (sulfide) groups is 1. The van der Waals surface area contributed by atoms with Crippen molar-refractivity contribution in [1.82, 2.24) is 4.98 Å². The number of aromatic nitrogens is 1. The quantitative estimate of drug-likeness (QED) is 0.847. The first-order valence-corrected chi connectivity index (χ1v) is 8.21. The van der Waals surface area contributed by atoms with E-state index in [0.29, 0.717) is 0 Å². The number of aryl methyl sites for hydroxylation is 2. The minimum atomic E-state index is 0.892. The lowest BCUT2D eigenvalue weighted by atomic mass is 10.0. The van der Waals surface area contributed by atoms with Crippen LogP contribution in [0, 0.1) is 0 Å². The van der Waals surface area contributed by atoms with Gasteiger partial charge in [-0.05, 0) is 42.2 Å². The van der Waals surface area contributed by atoms with Gasteiger partial charge in [0.2, 0.25) is 0 Å². The van der Waals surface area contributed by atoms with Crippen LogP contribution in [0.25, 0.3) is 0 Å². The second-order valence-electron chi connectivity index (χ2n) is 5.13. The molecule has 5 heterocycles. The van der Waals surface area contributed by atoms with Crippen molar-refractivity contribution in [1.29, 1.82) is 0 Å². The molecule has 0 radical (unpaired) electrons. The number of methoxy groups -OCH3 is 2. The van der Waals surface area contributed by atoms with Gasteiger partial charge in [-0.25, -0.2) is 0 Å². The molecule has 0 aliphatic carbocycles. The number of rotatable bonds is 2. The Hall–Kier alpha value is -1.68. The average Bonchev–Trinajstić information content (AvgIpc) is 2.57. The molecule has 110 valence electrons. The summed E-state index contributed by atoms with van der Waals surface area (Å²) in [6, 6.07) is 8.54. The van der Waals surface area contributed by atoms with Gasteiger partial charge in [0.15, 0.2) is 0 Å². The van der Waals surface area contributed by atoms with Gasteiger partial charge in [-0.15, -0.1) is 0 Å². The van der Waals surface area contributed by atoms with Crippen molar-refractivity contribution in [2.75, 3.05) is 14.2 Å². The molecule has 1 aromatic carbocycles. The van der Waals surface area contributed by atoms with Crippen LogP contribution < -0.4 is 9.47 Å². The predicted octanol–water partition coefficient (Wildman–Crippen LogP) is 3.63. The summed E-state index contributed by atoms with van der Waals surface area (Å²) < 4.78 is 11.1. The third-order valence-corrected chi connectivity index (χ3v) is 4.77. The van der Waals surface area contributed by atoms with Crippen LogP contribution in [-0.4, -0.2) is 19.2 Å². The van der Waals surface area contributed by atoms with Crippen LogP contribution in [-0.2, 0) is 24.3 Å². The van der Waals surface area contributed by atoms with Crippen LogP contribution in [0.2, 0.25) is 0 Å². The smallest absolute Gasteiger partial charge is 0.123 e. The maximum Gasteiger partial charge on any atom is 0.123 e. The van der Waals surface area contributed by atoms with E-state index in [0.717, 1.165) is 41.5 Å². The van der Waals surface area contributed by atoms with Gasteiger partial charge >= 0.3 is 0 Å².